The molecule has 0 amide bonds. The molecule has 36 heavy (non-hydrogen) atoms. The summed E-state index contributed by atoms with van der Waals surface area (Å²) in [5.74, 6) is 0.306. The van der Waals surface area contributed by atoms with Crippen LogP contribution in [0, 0.1) is 0 Å². The van der Waals surface area contributed by atoms with Crippen LogP contribution in [-0.4, -0.2) is 21.6 Å². The van der Waals surface area contributed by atoms with E-state index in [1.165, 1.54) is 0 Å². The van der Waals surface area contributed by atoms with Crippen molar-refractivity contribution in [2.45, 2.75) is 0 Å². The molecule has 0 unspecified atom stereocenters. The van der Waals surface area contributed by atoms with Gasteiger partial charge >= 0.3 is 0 Å². The summed E-state index contributed by atoms with van der Waals surface area (Å²) in [6, 6.07) is 41.5. The van der Waals surface area contributed by atoms with Gasteiger partial charge in [-0.25, -0.2) is 9.98 Å². The van der Waals surface area contributed by atoms with Crippen LogP contribution in [0.4, 0.5) is 11.4 Å². The maximum absolute atomic E-state index is 10.6. The summed E-state index contributed by atoms with van der Waals surface area (Å²) >= 11 is 0. The molecule has 0 aliphatic heterocycles. The van der Waals surface area contributed by atoms with E-state index < -0.39 is 0 Å². The van der Waals surface area contributed by atoms with Crippen LogP contribution < -0.4 is 0 Å². The minimum atomic E-state index is 0.153. The highest BCUT2D eigenvalue weighted by atomic mass is 16.3. The van der Waals surface area contributed by atoms with Gasteiger partial charge in [-0.1, -0.05) is 97.1 Å². The van der Waals surface area contributed by atoms with Gasteiger partial charge in [-0.15, -0.1) is 0 Å². The standard InChI is InChI=1S/C32H24N2O2/c35-29-21-11-7-17-25(29)31(23-13-3-1-4-14-23)33-27-19-9-10-20-28(27)34-32(24-15-5-2-6-16-24)26-18-8-12-22-30(26)36/h1-22,35-36H. The zero-order valence-corrected chi connectivity index (χ0v) is 19.5. The Bertz CT molecular complexity index is 1420. The lowest BCUT2D eigenvalue weighted by atomic mass is 10.0. The molecule has 0 radical (unpaired) electrons. The zero-order valence-electron chi connectivity index (χ0n) is 19.5. The first kappa shape index (κ1) is 22.8. The molecular formula is C32H24N2O2. The predicted octanol–water partition coefficient (Wildman–Crippen LogP) is 7.44. The third-order valence-electron chi connectivity index (χ3n) is 5.76. The van der Waals surface area contributed by atoms with Crippen LogP contribution in [0.1, 0.15) is 22.3 Å². The number of para-hydroxylation sites is 4. The highest BCUT2D eigenvalue weighted by Gasteiger charge is 2.15. The topological polar surface area (TPSA) is 65.2 Å². The molecule has 0 heterocycles. The van der Waals surface area contributed by atoms with Crippen molar-refractivity contribution in [2.75, 3.05) is 0 Å². The van der Waals surface area contributed by atoms with Crippen LogP contribution in [0.25, 0.3) is 0 Å². The van der Waals surface area contributed by atoms with Crippen molar-refractivity contribution in [3.8, 4) is 11.5 Å². The lowest BCUT2D eigenvalue weighted by Gasteiger charge is -2.12. The van der Waals surface area contributed by atoms with Gasteiger partial charge < -0.3 is 10.2 Å². The molecule has 0 bridgehead atoms. The van der Waals surface area contributed by atoms with Gasteiger partial charge in [-0.05, 0) is 36.4 Å². The molecule has 0 saturated heterocycles. The maximum atomic E-state index is 10.6. The summed E-state index contributed by atoms with van der Waals surface area (Å²) in [5, 5.41) is 21.3. The van der Waals surface area contributed by atoms with Gasteiger partial charge in [-0.2, -0.15) is 0 Å². The average Bonchev–Trinajstić information content (AvgIpc) is 2.93. The summed E-state index contributed by atoms with van der Waals surface area (Å²) < 4.78 is 0. The van der Waals surface area contributed by atoms with Gasteiger partial charge in [0.15, 0.2) is 0 Å². The zero-order chi connectivity index (χ0) is 24.7. The Kier molecular flexibility index (Phi) is 6.68. The quantitative estimate of drug-likeness (QED) is 0.254. The van der Waals surface area contributed by atoms with Crippen LogP contribution in [-0.2, 0) is 0 Å². The fraction of sp³-hybridized carbons (Fsp3) is 0. The van der Waals surface area contributed by atoms with Crippen LogP contribution in [0.5, 0.6) is 11.5 Å². The molecule has 0 atom stereocenters. The molecule has 174 valence electrons. The lowest BCUT2D eigenvalue weighted by molar-refractivity contribution is 0.473. The Morgan fingerprint density at radius 1 is 0.389 bits per heavy atom. The molecule has 0 fully saturated rings. The first-order valence-corrected chi connectivity index (χ1v) is 11.6. The minimum Gasteiger partial charge on any atom is -0.507 e. The van der Waals surface area contributed by atoms with Crippen molar-refractivity contribution < 1.29 is 10.2 Å². The van der Waals surface area contributed by atoms with E-state index in [-0.39, 0.29) is 11.5 Å². The van der Waals surface area contributed by atoms with Gasteiger partial charge in [0.25, 0.3) is 0 Å². The molecule has 5 rings (SSSR count). The average molecular weight is 469 g/mol. The second kappa shape index (κ2) is 10.5. The van der Waals surface area contributed by atoms with Crippen LogP contribution in [0.2, 0.25) is 0 Å². The van der Waals surface area contributed by atoms with Crippen LogP contribution in [0.3, 0.4) is 0 Å². The number of phenols is 2. The first-order chi connectivity index (χ1) is 17.7. The van der Waals surface area contributed by atoms with E-state index in [9.17, 15) is 10.2 Å². The number of hydrogen-bond donors (Lipinski definition) is 2. The van der Waals surface area contributed by atoms with Crippen molar-refractivity contribution >= 4 is 22.8 Å². The minimum absolute atomic E-state index is 0.153. The number of benzene rings is 5. The van der Waals surface area contributed by atoms with E-state index in [1.807, 2.05) is 109 Å². The van der Waals surface area contributed by atoms with E-state index >= 15 is 0 Å². The molecule has 0 aromatic heterocycles. The SMILES string of the molecule is Oc1ccccc1C(=Nc1ccccc1N=C(c1ccccc1)c1ccccc1O)c1ccccc1. The number of rotatable bonds is 6. The monoisotopic (exact) mass is 468 g/mol. The van der Waals surface area contributed by atoms with E-state index in [0.29, 0.717) is 33.9 Å². The van der Waals surface area contributed by atoms with Crippen molar-refractivity contribution in [1.29, 1.82) is 0 Å². The summed E-state index contributed by atoms with van der Waals surface area (Å²) in [4.78, 5) is 10.0. The molecule has 5 aromatic carbocycles. The summed E-state index contributed by atoms with van der Waals surface area (Å²) in [6.07, 6.45) is 0. The second-order valence-electron chi connectivity index (χ2n) is 8.18. The lowest BCUT2D eigenvalue weighted by Crippen LogP contribution is -2.04. The van der Waals surface area contributed by atoms with E-state index in [4.69, 9.17) is 9.98 Å². The van der Waals surface area contributed by atoms with Gasteiger partial charge in [0.05, 0.1) is 22.8 Å². The molecule has 0 spiro atoms. The fourth-order valence-corrected chi connectivity index (χ4v) is 3.99. The Morgan fingerprint density at radius 3 is 1.11 bits per heavy atom. The van der Waals surface area contributed by atoms with Crippen LogP contribution >= 0.6 is 0 Å². The fourth-order valence-electron chi connectivity index (χ4n) is 3.99. The smallest absolute Gasteiger partial charge is 0.124 e. The number of hydrogen-bond acceptors (Lipinski definition) is 4. The Labute approximate surface area is 210 Å². The summed E-state index contributed by atoms with van der Waals surface area (Å²) in [6.45, 7) is 0. The predicted molar refractivity (Wildman–Crippen MR) is 146 cm³/mol. The molecule has 5 aromatic rings. The number of aromatic hydroxyl groups is 2. The molecule has 0 aliphatic carbocycles. The highest BCUT2D eigenvalue weighted by Crippen LogP contribution is 2.33. The van der Waals surface area contributed by atoms with E-state index in [1.54, 1.807) is 24.3 Å². The highest BCUT2D eigenvalue weighted by molar-refractivity contribution is 6.17. The van der Waals surface area contributed by atoms with Crippen molar-refractivity contribution in [3.05, 3.63) is 156 Å². The Morgan fingerprint density at radius 2 is 0.722 bits per heavy atom. The Balaban J connectivity index is 1.72. The normalized spacial score (nSPS) is 11.9. The van der Waals surface area contributed by atoms with Gasteiger partial charge in [-0.3, -0.25) is 0 Å². The summed E-state index contributed by atoms with van der Waals surface area (Å²) in [7, 11) is 0. The van der Waals surface area contributed by atoms with Gasteiger partial charge in [0.2, 0.25) is 0 Å². The first-order valence-electron chi connectivity index (χ1n) is 11.6. The Hall–Kier alpha value is -4.96. The van der Waals surface area contributed by atoms with Crippen molar-refractivity contribution in [3.63, 3.8) is 0 Å². The van der Waals surface area contributed by atoms with Crippen molar-refractivity contribution in [2.24, 2.45) is 9.98 Å². The largest absolute Gasteiger partial charge is 0.507 e. The van der Waals surface area contributed by atoms with Crippen LogP contribution in [0.15, 0.2) is 143 Å². The third kappa shape index (κ3) is 4.93. The van der Waals surface area contributed by atoms with Gasteiger partial charge in [0.1, 0.15) is 11.5 Å². The molecular weight excluding hydrogens is 444 g/mol. The van der Waals surface area contributed by atoms with Crippen molar-refractivity contribution in [1.82, 2.24) is 0 Å². The van der Waals surface area contributed by atoms with E-state index in [2.05, 4.69) is 0 Å². The number of nitrogens with zero attached hydrogens (tertiary/aromatic N) is 2. The molecule has 0 aliphatic rings. The number of phenolic OH excluding ortho intramolecular Hbond substituents is 2. The maximum Gasteiger partial charge on any atom is 0.124 e. The molecule has 2 N–H and O–H groups in total. The third-order valence-corrected chi connectivity index (χ3v) is 5.76. The molecule has 4 heteroatoms. The van der Waals surface area contributed by atoms with Gasteiger partial charge in [0, 0.05) is 22.3 Å². The number of aliphatic imine (C=N–C) groups is 2. The second-order valence-corrected chi connectivity index (χ2v) is 8.18. The summed E-state index contributed by atoms with van der Waals surface area (Å²) in [5.41, 5.74) is 5.58. The van der Waals surface area contributed by atoms with E-state index in [0.717, 1.165) is 11.1 Å². The molecule has 0 saturated carbocycles. The molecule has 4 nitrogen and oxygen atoms in total.